The number of rotatable bonds is 6. The SMILES string of the molecule is CCOc1ccccc1CC(C=O)c1ccccc1C. The van der Waals surface area contributed by atoms with Crippen LogP contribution in [0.1, 0.15) is 29.5 Å². The molecule has 0 heterocycles. The highest BCUT2D eigenvalue weighted by molar-refractivity contribution is 5.64. The van der Waals surface area contributed by atoms with Crippen LogP contribution in [0.2, 0.25) is 0 Å². The van der Waals surface area contributed by atoms with Crippen molar-refractivity contribution in [1.29, 1.82) is 0 Å². The summed E-state index contributed by atoms with van der Waals surface area (Å²) in [4.78, 5) is 11.5. The molecule has 1 atom stereocenters. The Bertz CT molecular complexity index is 575. The van der Waals surface area contributed by atoms with E-state index in [1.807, 2.05) is 62.4 Å². The highest BCUT2D eigenvalue weighted by atomic mass is 16.5. The molecule has 0 radical (unpaired) electrons. The topological polar surface area (TPSA) is 26.3 Å². The van der Waals surface area contributed by atoms with E-state index < -0.39 is 0 Å². The molecule has 0 saturated heterocycles. The zero-order valence-electron chi connectivity index (χ0n) is 12.0. The Labute approximate surface area is 120 Å². The molecule has 0 aliphatic rings. The van der Waals surface area contributed by atoms with Crippen molar-refractivity contribution < 1.29 is 9.53 Å². The smallest absolute Gasteiger partial charge is 0.127 e. The Balaban J connectivity index is 2.27. The first kappa shape index (κ1) is 14.3. The number of hydrogen-bond acceptors (Lipinski definition) is 2. The normalized spacial score (nSPS) is 11.9. The lowest BCUT2D eigenvalue weighted by Gasteiger charge is -2.16. The summed E-state index contributed by atoms with van der Waals surface area (Å²) >= 11 is 0. The summed E-state index contributed by atoms with van der Waals surface area (Å²) < 4.78 is 5.63. The molecule has 0 aliphatic carbocycles. The first-order valence-corrected chi connectivity index (χ1v) is 6.97. The summed E-state index contributed by atoms with van der Waals surface area (Å²) in [5.74, 6) is 0.744. The van der Waals surface area contributed by atoms with Crippen LogP contribution >= 0.6 is 0 Å². The second-order valence-electron chi connectivity index (χ2n) is 4.84. The van der Waals surface area contributed by atoms with Crippen molar-refractivity contribution in [2.24, 2.45) is 0 Å². The van der Waals surface area contributed by atoms with Crippen LogP contribution < -0.4 is 4.74 Å². The van der Waals surface area contributed by atoms with Crippen LogP contribution in [0.15, 0.2) is 48.5 Å². The van der Waals surface area contributed by atoms with Crippen LogP contribution in [0, 0.1) is 6.92 Å². The van der Waals surface area contributed by atoms with E-state index >= 15 is 0 Å². The second-order valence-corrected chi connectivity index (χ2v) is 4.84. The van der Waals surface area contributed by atoms with E-state index in [2.05, 4.69) is 0 Å². The van der Waals surface area contributed by atoms with E-state index in [1.54, 1.807) is 0 Å². The Morgan fingerprint density at radius 2 is 1.80 bits per heavy atom. The fraction of sp³-hybridized carbons (Fsp3) is 0.278. The average Bonchev–Trinajstić information content (AvgIpc) is 2.47. The molecule has 0 aliphatic heterocycles. The van der Waals surface area contributed by atoms with Crippen LogP contribution in [0.5, 0.6) is 5.75 Å². The number of para-hydroxylation sites is 1. The van der Waals surface area contributed by atoms with Crippen molar-refractivity contribution in [3.8, 4) is 5.75 Å². The number of aldehydes is 1. The largest absolute Gasteiger partial charge is 0.494 e. The van der Waals surface area contributed by atoms with Gasteiger partial charge in [0.05, 0.1) is 6.61 Å². The molecule has 0 aromatic heterocycles. The van der Waals surface area contributed by atoms with Gasteiger partial charge in [-0.15, -0.1) is 0 Å². The third-order valence-electron chi connectivity index (χ3n) is 3.46. The number of hydrogen-bond donors (Lipinski definition) is 0. The fourth-order valence-corrected chi connectivity index (χ4v) is 2.44. The van der Waals surface area contributed by atoms with Crippen LogP contribution in [-0.2, 0) is 11.2 Å². The van der Waals surface area contributed by atoms with Gasteiger partial charge in [-0.25, -0.2) is 0 Å². The molecule has 0 amide bonds. The third kappa shape index (κ3) is 3.27. The van der Waals surface area contributed by atoms with E-state index in [4.69, 9.17) is 4.74 Å². The van der Waals surface area contributed by atoms with Gasteiger partial charge in [-0.3, -0.25) is 0 Å². The van der Waals surface area contributed by atoms with Crippen LogP contribution in [0.4, 0.5) is 0 Å². The maximum absolute atomic E-state index is 11.5. The molecule has 0 saturated carbocycles. The molecule has 2 aromatic rings. The molecule has 2 nitrogen and oxygen atoms in total. The van der Waals surface area contributed by atoms with Gasteiger partial charge in [0.15, 0.2) is 0 Å². The molecule has 2 rings (SSSR count). The predicted octanol–water partition coefficient (Wildman–Crippen LogP) is 3.92. The molecule has 20 heavy (non-hydrogen) atoms. The van der Waals surface area contributed by atoms with Crippen molar-refractivity contribution in [2.45, 2.75) is 26.2 Å². The molecule has 104 valence electrons. The van der Waals surface area contributed by atoms with Crippen LogP contribution in [0.3, 0.4) is 0 Å². The third-order valence-corrected chi connectivity index (χ3v) is 3.46. The van der Waals surface area contributed by atoms with Crippen molar-refractivity contribution in [3.05, 3.63) is 65.2 Å². The van der Waals surface area contributed by atoms with E-state index in [0.29, 0.717) is 13.0 Å². The number of carbonyl (C=O) groups is 1. The summed E-state index contributed by atoms with van der Waals surface area (Å²) in [6.45, 7) is 4.64. The molecule has 1 unspecified atom stereocenters. The van der Waals surface area contributed by atoms with E-state index in [0.717, 1.165) is 28.7 Å². The van der Waals surface area contributed by atoms with Crippen molar-refractivity contribution in [2.75, 3.05) is 6.61 Å². The summed E-state index contributed by atoms with van der Waals surface area (Å²) in [6, 6.07) is 16.0. The van der Waals surface area contributed by atoms with Gasteiger partial charge < -0.3 is 9.53 Å². The quantitative estimate of drug-likeness (QED) is 0.742. The zero-order chi connectivity index (χ0) is 14.4. The predicted molar refractivity (Wildman–Crippen MR) is 81.3 cm³/mol. The summed E-state index contributed by atoms with van der Waals surface area (Å²) in [5, 5.41) is 0. The highest BCUT2D eigenvalue weighted by Gasteiger charge is 2.15. The number of ether oxygens (including phenoxy) is 1. The van der Waals surface area contributed by atoms with E-state index in [1.165, 1.54) is 0 Å². The molecule has 0 fully saturated rings. The van der Waals surface area contributed by atoms with Gasteiger partial charge >= 0.3 is 0 Å². The van der Waals surface area contributed by atoms with Crippen molar-refractivity contribution >= 4 is 6.29 Å². The van der Waals surface area contributed by atoms with Crippen molar-refractivity contribution in [1.82, 2.24) is 0 Å². The molecule has 0 bridgehead atoms. The van der Waals surface area contributed by atoms with E-state index in [-0.39, 0.29) is 5.92 Å². The van der Waals surface area contributed by atoms with Gasteiger partial charge in [0.2, 0.25) is 0 Å². The Morgan fingerprint density at radius 1 is 1.10 bits per heavy atom. The first-order chi connectivity index (χ1) is 9.76. The molecule has 2 heteroatoms. The lowest BCUT2D eigenvalue weighted by Crippen LogP contribution is -2.07. The van der Waals surface area contributed by atoms with Gasteiger partial charge in [0.1, 0.15) is 12.0 Å². The van der Waals surface area contributed by atoms with Gasteiger partial charge in [0.25, 0.3) is 0 Å². The van der Waals surface area contributed by atoms with Gasteiger partial charge in [-0.2, -0.15) is 0 Å². The molecule has 0 spiro atoms. The van der Waals surface area contributed by atoms with Crippen LogP contribution in [0.25, 0.3) is 0 Å². The first-order valence-electron chi connectivity index (χ1n) is 6.97. The van der Waals surface area contributed by atoms with E-state index in [9.17, 15) is 4.79 Å². The summed E-state index contributed by atoms with van der Waals surface area (Å²) in [6.07, 6.45) is 1.70. The molecule has 2 aromatic carbocycles. The fourth-order valence-electron chi connectivity index (χ4n) is 2.44. The Hall–Kier alpha value is -2.09. The summed E-state index contributed by atoms with van der Waals surface area (Å²) in [7, 11) is 0. The minimum atomic E-state index is -0.127. The second kappa shape index (κ2) is 6.90. The lowest BCUT2D eigenvalue weighted by atomic mass is 9.90. The van der Waals surface area contributed by atoms with Crippen molar-refractivity contribution in [3.63, 3.8) is 0 Å². The standard InChI is InChI=1S/C18H20O2/c1-3-20-18-11-7-5-9-15(18)12-16(13-19)17-10-6-4-8-14(17)2/h4-11,13,16H,3,12H2,1-2H3. The number of benzene rings is 2. The molecule has 0 N–H and O–H groups in total. The maximum Gasteiger partial charge on any atom is 0.127 e. The minimum absolute atomic E-state index is 0.127. The van der Waals surface area contributed by atoms with Gasteiger partial charge in [-0.05, 0) is 43.0 Å². The lowest BCUT2D eigenvalue weighted by molar-refractivity contribution is -0.109. The van der Waals surface area contributed by atoms with Gasteiger partial charge in [0, 0.05) is 5.92 Å². The Morgan fingerprint density at radius 3 is 2.50 bits per heavy atom. The van der Waals surface area contributed by atoms with Crippen LogP contribution in [-0.4, -0.2) is 12.9 Å². The number of aryl methyl sites for hydroxylation is 1. The Kier molecular flexibility index (Phi) is 4.94. The maximum atomic E-state index is 11.5. The monoisotopic (exact) mass is 268 g/mol. The molecular formula is C18H20O2. The number of carbonyl (C=O) groups excluding carboxylic acids is 1. The molecular weight excluding hydrogens is 248 g/mol. The summed E-state index contributed by atoms with van der Waals surface area (Å²) in [5.41, 5.74) is 3.32. The average molecular weight is 268 g/mol. The van der Waals surface area contributed by atoms with Gasteiger partial charge in [-0.1, -0.05) is 42.5 Å². The minimum Gasteiger partial charge on any atom is -0.494 e. The highest BCUT2D eigenvalue weighted by Crippen LogP contribution is 2.27. The zero-order valence-corrected chi connectivity index (χ0v) is 12.0.